The lowest BCUT2D eigenvalue weighted by Crippen LogP contribution is -2.17. The summed E-state index contributed by atoms with van der Waals surface area (Å²) >= 11 is 1.58. The van der Waals surface area contributed by atoms with E-state index in [1.807, 2.05) is 42.5 Å². The Morgan fingerprint density at radius 3 is 2.86 bits per heavy atom. The lowest BCUT2D eigenvalue weighted by molar-refractivity contribution is -0.137. The van der Waals surface area contributed by atoms with E-state index in [9.17, 15) is 15.0 Å². The lowest BCUT2D eigenvalue weighted by Gasteiger charge is -2.18. The largest absolute Gasteiger partial charge is 0.481 e. The number of fused-ring (bicyclic) bond motifs is 1. The molecule has 0 saturated heterocycles. The minimum atomic E-state index is -0.770. The van der Waals surface area contributed by atoms with Crippen LogP contribution in [-0.2, 0) is 4.79 Å². The van der Waals surface area contributed by atoms with Gasteiger partial charge in [-0.15, -0.1) is 11.3 Å². The average molecular weight is 413 g/mol. The van der Waals surface area contributed by atoms with Crippen molar-refractivity contribution in [2.24, 2.45) is 11.8 Å². The van der Waals surface area contributed by atoms with Crippen molar-refractivity contribution in [1.29, 1.82) is 0 Å². The van der Waals surface area contributed by atoms with Gasteiger partial charge in [0.25, 0.3) is 0 Å². The number of carboxylic acid groups (broad SMARTS) is 1. The molecule has 1 aliphatic carbocycles. The predicted octanol–water partition coefficient (Wildman–Crippen LogP) is 5.25. The van der Waals surface area contributed by atoms with Gasteiger partial charge in [0.2, 0.25) is 0 Å². The van der Waals surface area contributed by atoms with E-state index in [-0.39, 0.29) is 18.3 Å². The number of aliphatic hydroxyl groups is 2. The highest BCUT2D eigenvalue weighted by Gasteiger charge is 2.35. The molecule has 1 saturated carbocycles. The quantitative estimate of drug-likeness (QED) is 0.388. The van der Waals surface area contributed by atoms with Gasteiger partial charge in [-0.25, -0.2) is 0 Å². The summed E-state index contributed by atoms with van der Waals surface area (Å²) in [6, 6.07) is 10.1. The van der Waals surface area contributed by atoms with Crippen molar-refractivity contribution in [1.82, 2.24) is 0 Å². The molecule has 1 aromatic carbocycles. The average Bonchev–Trinajstić information content (AvgIpc) is 3.23. The van der Waals surface area contributed by atoms with Gasteiger partial charge in [-0.05, 0) is 49.1 Å². The van der Waals surface area contributed by atoms with Gasteiger partial charge in [-0.1, -0.05) is 54.7 Å². The van der Waals surface area contributed by atoms with Crippen LogP contribution in [0.3, 0.4) is 0 Å². The Labute approximate surface area is 175 Å². The Morgan fingerprint density at radius 2 is 2.10 bits per heavy atom. The molecule has 0 amide bonds. The van der Waals surface area contributed by atoms with Gasteiger partial charge in [-0.2, -0.15) is 0 Å². The van der Waals surface area contributed by atoms with E-state index in [0.29, 0.717) is 12.8 Å². The molecule has 4 nitrogen and oxygen atoms in total. The van der Waals surface area contributed by atoms with Gasteiger partial charge in [0.1, 0.15) is 6.10 Å². The monoisotopic (exact) mass is 412 g/mol. The zero-order valence-electron chi connectivity index (χ0n) is 16.4. The SMILES string of the molecule is C=C1C[C@@H](O)[C@H](C=C[C@@H](O)c2cc3ccccc3s2)[C@H]1CC=CCCCC(=O)O. The molecule has 3 N–H and O–H groups in total. The number of unbranched alkanes of at least 4 members (excludes halogenated alkanes) is 1. The number of hydrogen-bond acceptors (Lipinski definition) is 4. The maximum atomic E-state index is 10.6. The molecule has 2 aromatic rings. The van der Waals surface area contributed by atoms with Gasteiger partial charge in [0.15, 0.2) is 0 Å². The van der Waals surface area contributed by atoms with Crippen LogP contribution >= 0.6 is 11.3 Å². The maximum absolute atomic E-state index is 10.6. The smallest absolute Gasteiger partial charge is 0.303 e. The first-order valence-electron chi connectivity index (χ1n) is 10.0. The predicted molar refractivity (Wildman–Crippen MR) is 118 cm³/mol. The molecule has 0 spiro atoms. The fourth-order valence-corrected chi connectivity index (χ4v) is 4.92. The highest BCUT2D eigenvalue weighted by atomic mass is 32.1. The second-order valence-corrected chi connectivity index (χ2v) is 8.74. The van der Waals surface area contributed by atoms with Crippen molar-refractivity contribution in [3.63, 3.8) is 0 Å². The van der Waals surface area contributed by atoms with Crippen molar-refractivity contribution in [3.8, 4) is 0 Å². The second kappa shape index (κ2) is 10.0. The molecule has 1 aromatic heterocycles. The van der Waals surface area contributed by atoms with E-state index >= 15 is 0 Å². The number of aliphatic hydroxyl groups excluding tert-OH is 2. The molecule has 4 atom stereocenters. The molecule has 1 aliphatic rings. The molecule has 154 valence electrons. The standard InChI is InChI=1S/C24H28O4S/c1-16-14-21(26)19(18(16)9-4-2-3-5-11-24(27)28)12-13-20(25)23-15-17-8-6-7-10-22(17)29-23/h2,4,6-8,10,12-13,15,18-21,25-26H,1,3,5,9,11,14H2,(H,27,28)/t18-,19+,20+,21+/m0/s1. The number of carbonyl (C=O) groups is 1. The lowest BCUT2D eigenvalue weighted by atomic mass is 9.89. The molecule has 0 bridgehead atoms. The van der Waals surface area contributed by atoms with Crippen LogP contribution in [0.5, 0.6) is 0 Å². The summed E-state index contributed by atoms with van der Waals surface area (Å²) < 4.78 is 1.15. The molecular formula is C24H28O4S. The molecule has 29 heavy (non-hydrogen) atoms. The number of aliphatic carboxylic acids is 1. The third-order valence-electron chi connectivity index (χ3n) is 5.47. The van der Waals surface area contributed by atoms with E-state index in [0.717, 1.165) is 33.4 Å². The summed E-state index contributed by atoms with van der Waals surface area (Å²) in [5.41, 5.74) is 1.03. The molecule has 1 heterocycles. The van der Waals surface area contributed by atoms with E-state index in [2.05, 4.69) is 12.7 Å². The number of benzene rings is 1. The summed E-state index contributed by atoms with van der Waals surface area (Å²) in [6.07, 6.45) is 9.47. The summed E-state index contributed by atoms with van der Waals surface area (Å²) in [6.45, 7) is 4.12. The minimum Gasteiger partial charge on any atom is -0.481 e. The normalized spacial score (nSPS) is 23.5. The van der Waals surface area contributed by atoms with Crippen LogP contribution in [0.15, 0.2) is 66.8 Å². The molecule has 0 radical (unpaired) electrons. The summed E-state index contributed by atoms with van der Waals surface area (Å²) in [5, 5.41) is 30.8. The van der Waals surface area contributed by atoms with Crippen molar-refractivity contribution in [2.75, 3.05) is 0 Å². The Morgan fingerprint density at radius 1 is 1.31 bits per heavy atom. The third-order valence-corrected chi connectivity index (χ3v) is 6.66. The molecule has 3 rings (SSSR count). The summed E-state index contributed by atoms with van der Waals surface area (Å²) in [5.74, 6) is -0.713. The van der Waals surface area contributed by atoms with Gasteiger partial charge in [0.05, 0.1) is 6.10 Å². The van der Waals surface area contributed by atoms with Crippen LogP contribution in [0, 0.1) is 11.8 Å². The molecular weight excluding hydrogens is 384 g/mol. The van der Waals surface area contributed by atoms with Gasteiger partial charge in [0, 0.05) is 21.9 Å². The first kappa shape index (κ1) is 21.5. The zero-order chi connectivity index (χ0) is 20.8. The molecule has 5 heteroatoms. The highest BCUT2D eigenvalue weighted by Crippen LogP contribution is 2.40. The number of allylic oxidation sites excluding steroid dienone is 2. The first-order chi connectivity index (χ1) is 14.0. The second-order valence-electron chi connectivity index (χ2n) is 7.62. The fraction of sp³-hybridized carbons (Fsp3) is 0.375. The van der Waals surface area contributed by atoms with Crippen LogP contribution in [0.2, 0.25) is 0 Å². The van der Waals surface area contributed by atoms with Crippen molar-refractivity contribution in [2.45, 2.75) is 44.3 Å². The zero-order valence-corrected chi connectivity index (χ0v) is 17.2. The summed E-state index contributed by atoms with van der Waals surface area (Å²) in [7, 11) is 0. The highest BCUT2D eigenvalue weighted by molar-refractivity contribution is 7.19. The fourth-order valence-electron chi connectivity index (χ4n) is 3.89. The van der Waals surface area contributed by atoms with E-state index in [4.69, 9.17) is 5.11 Å². The summed E-state index contributed by atoms with van der Waals surface area (Å²) in [4.78, 5) is 11.4. The van der Waals surface area contributed by atoms with Crippen molar-refractivity contribution < 1.29 is 20.1 Å². The van der Waals surface area contributed by atoms with Crippen LogP contribution in [0.25, 0.3) is 10.1 Å². The first-order valence-corrected chi connectivity index (χ1v) is 10.8. The van der Waals surface area contributed by atoms with Crippen LogP contribution in [0.1, 0.15) is 43.1 Å². The van der Waals surface area contributed by atoms with E-state index < -0.39 is 18.2 Å². The number of rotatable bonds is 9. The Hall–Kier alpha value is -2.21. The topological polar surface area (TPSA) is 77.8 Å². The Balaban J connectivity index is 1.61. The Kier molecular flexibility index (Phi) is 7.42. The molecule has 0 unspecified atom stereocenters. The van der Waals surface area contributed by atoms with Crippen LogP contribution < -0.4 is 0 Å². The third kappa shape index (κ3) is 5.66. The molecule has 0 aliphatic heterocycles. The van der Waals surface area contributed by atoms with E-state index in [1.54, 1.807) is 17.4 Å². The maximum Gasteiger partial charge on any atom is 0.303 e. The van der Waals surface area contributed by atoms with Crippen molar-refractivity contribution >= 4 is 27.4 Å². The van der Waals surface area contributed by atoms with Gasteiger partial charge in [-0.3, -0.25) is 4.79 Å². The number of carboxylic acids is 1. The van der Waals surface area contributed by atoms with Crippen LogP contribution in [-0.4, -0.2) is 27.4 Å². The Bertz CT molecular complexity index is 877. The number of hydrogen-bond donors (Lipinski definition) is 3. The van der Waals surface area contributed by atoms with Gasteiger partial charge < -0.3 is 15.3 Å². The van der Waals surface area contributed by atoms with Gasteiger partial charge >= 0.3 is 5.97 Å². The number of thiophene rings is 1. The molecule has 1 fully saturated rings. The minimum absolute atomic E-state index is 0.0739. The van der Waals surface area contributed by atoms with Crippen LogP contribution in [0.4, 0.5) is 0 Å². The van der Waals surface area contributed by atoms with Crippen molar-refractivity contribution in [3.05, 3.63) is 71.7 Å². The van der Waals surface area contributed by atoms with E-state index in [1.165, 1.54) is 0 Å².